The number of hydrogen-bond donors (Lipinski definition) is 1. The average Bonchev–Trinajstić information content (AvgIpc) is 3.24. The molecule has 0 unspecified atom stereocenters. The highest BCUT2D eigenvalue weighted by Crippen LogP contribution is 2.27. The van der Waals surface area contributed by atoms with E-state index in [4.69, 9.17) is 4.52 Å². The van der Waals surface area contributed by atoms with Crippen molar-refractivity contribution in [3.63, 3.8) is 0 Å². The predicted octanol–water partition coefficient (Wildman–Crippen LogP) is 1.99. The maximum atomic E-state index is 11.9. The molecule has 2 heterocycles. The standard InChI is InChI=1S/C17H26N4O3/c1-12(22)21-8-6-14(7-9-21)17-19-16(24-20-17)11-18-15(23)10-13-4-2-3-5-13/h13-14H,2-11H2,1H3,(H,18,23). The van der Waals surface area contributed by atoms with Gasteiger partial charge in [-0.2, -0.15) is 4.98 Å². The first kappa shape index (κ1) is 16.9. The Kier molecular flexibility index (Phi) is 5.48. The van der Waals surface area contributed by atoms with Crippen molar-refractivity contribution in [3.8, 4) is 0 Å². The fourth-order valence-corrected chi connectivity index (χ4v) is 3.68. The first-order chi connectivity index (χ1) is 11.6. The number of nitrogens with one attached hydrogen (secondary N) is 1. The highest BCUT2D eigenvalue weighted by molar-refractivity contribution is 5.76. The summed E-state index contributed by atoms with van der Waals surface area (Å²) in [6.45, 7) is 3.37. The van der Waals surface area contributed by atoms with Gasteiger partial charge in [-0.05, 0) is 31.6 Å². The number of hydrogen-bond acceptors (Lipinski definition) is 5. The monoisotopic (exact) mass is 334 g/mol. The van der Waals surface area contributed by atoms with Gasteiger partial charge < -0.3 is 14.7 Å². The molecule has 0 bridgehead atoms. The molecule has 0 radical (unpaired) electrons. The van der Waals surface area contributed by atoms with Gasteiger partial charge in [0.25, 0.3) is 0 Å². The number of carbonyl (C=O) groups excluding carboxylic acids is 2. The molecule has 0 spiro atoms. The number of nitrogens with zero attached hydrogens (tertiary/aromatic N) is 3. The molecule has 3 rings (SSSR count). The molecule has 1 N–H and O–H groups in total. The number of carbonyl (C=O) groups is 2. The Morgan fingerprint density at radius 1 is 1.21 bits per heavy atom. The van der Waals surface area contributed by atoms with Gasteiger partial charge >= 0.3 is 0 Å². The van der Waals surface area contributed by atoms with Crippen LogP contribution in [0.5, 0.6) is 0 Å². The zero-order valence-electron chi connectivity index (χ0n) is 14.3. The first-order valence-electron chi connectivity index (χ1n) is 8.96. The molecule has 24 heavy (non-hydrogen) atoms. The minimum atomic E-state index is 0.0661. The lowest BCUT2D eigenvalue weighted by atomic mass is 9.96. The van der Waals surface area contributed by atoms with E-state index in [0.717, 1.165) is 38.8 Å². The summed E-state index contributed by atoms with van der Waals surface area (Å²) in [4.78, 5) is 29.6. The lowest BCUT2D eigenvalue weighted by Crippen LogP contribution is -2.36. The minimum Gasteiger partial charge on any atom is -0.347 e. The van der Waals surface area contributed by atoms with Gasteiger partial charge in [0.1, 0.15) is 0 Å². The SMILES string of the molecule is CC(=O)N1CCC(c2noc(CNC(=O)CC3CCCC3)n2)CC1. The Labute approximate surface area is 142 Å². The molecule has 1 aliphatic carbocycles. The van der Waals surface area contributed by atoms with Crippen molar-refractivity contribution in [3.05, 3.63) is 11.7 Å². The van der Waals surface area contributed by atoms with E-state index >= 15 is 0 Å². The van der Waals surface area contributed by atoms with Gasteiger partial charge in [0.05, 0.1) is 6.54 Å². The molecule has 7 nitrogen and oxygen atoms in total. The van der Waals surface area contributed by atoms with Crippen molar-refractivity contribution in [1.29, 1.82) is 0 Å². The van der Waals surface area contributed by atoms with Gasteiger partial charge in [0, 0.05) is 32.4 Å². The largest absolute Gasteiger partial charge is 0.347 e. The van der Waals surface area contributed by atoms with Gasteiger partial charge in [0.2, 0.25) is 17.7 Å². The van der Waals surface area contributed by atoms with Crippen LogP contribution in [0.2, 0.25) is 0 Å². The van der Waals surface area contributed by atoms with Crippen LogP contribution in [-0.2, 0) is 16.1 Å². The van der Waals surface area contributed by atoms with E-state index in [2.05, 4.69) is 15.5 Å². The molecule has 132 valence electrons. The van der Waals surface area contributed by atoms with E-state index in [1.165, 1.54) is 12.8 Å². The number of piperidine rings is 1. The Morgan fingerprint density at radius 2 is 1.92 bits per heavy atom. The predicted molar refractivity (Wildman–Crippen MR) is 86.9 cm³/mol. The molecule has 0 aromatic carbocycles. The van der Waals surface area contributed by atoms with Crippen LogP contribution in [0, 0.1) is 5.92 Å². The molecule has 1 saturated heterocycles. The molecule has 1 aromatic rings. The molecule has 2 amide bonds. The van der Waals surface area contributed by atoms with Crippen LogP contribution in [-0.4, -0.2) is 39.9 Å². The third kappa shape index (κ3) is 4.33. The molecular formula is C17H26N4O3. The van der Waals surface area contributed by atoms with Crippen LogP contribution in [0.1, 0.15) is 69.5 Å². The molecule has 2 aliphatic rings. The third-order valence-electron chi connectivity index (χ3n) is 5.17. The van der Waals surface area contributed by atoms with Gasteiger partial charge in [-0.25, -0.2) is 0 Å². The molecule has 7 heteroatoms. The van der Waals surface area contributed by atoms with Crippen LogP contribution >= 0.6 is 0 Å². The van der Waals surface area contributed by atoms with Crippen molar-refractivity contribution in [2.45, 2.75) is 64.3 Å². The van der Waals surface area contributed by atoms with Crippen LogP contribution in [0.4, 0.5) is 0 Å². The van der Waals surface area contributed by atoms with Gasteiger partial charge in [-0.3, -0.25) is 9.59 Å². The third-order valence-corrected chi connectivity index (χ3v) is 5.17. The normalized spacial score (nSPS) is 19.6. The highest BCUT2D eigenvalue weighted by atomic mass is 16.5. The first-order valence-corrected chi connectivity index (χ1v) is 8.96. The number of aromatic nitrogens is 2. The fourth-order valence-electron chi connectivity index (χ4n) is 3.68. The Hall–Kier alpha value is -1.92. The summed E-state index contributed by atoms with van der Waals surface area (Å²) in [7, 11) is 0. The molecule has 1 aliphatic heterocycles. The maximum absolute atomic E-state index is 11.9. The fraction of sp³-hybridized carbons (Fsp3) is 0.765. The minimum absolute atomic E-state index is 0.0661. The van der Waals surface area contributed by atoms with E-state index in [1.807, 2.05) is 4.90 Å². The van der Waals surface area contributed by atoms with Crippen LogP contribution in [0.15, 0.2) is 4.52 Å². The van der Waals surface area contributed by atoms with Crippen LogP contribution < -0.4 is 5.32 Å². The van der Waals surface area contributed by atoms with Crippen molar-refractivity contribution in [2.24, 2.45) is 5.92 Å². The Balaban J connectivity index is 1.44. The summed E-state index contributed by atoms with van der Waals surface area (Å²) < 4.78 is 5.26. The maximum Gasteiger partial charge on any atom is 0.246 e. The summed E-state index contributed by atoms with van der Waals surface area (Å²) >= 11 is 0. The molecule has 1 saturated carbocycles. The molecular weight excluding hydrogens is 308 g/mol. The van der Waals surface area contributed by atoms with Gasteiger partial charge in [-0.15, -0.1) is 0 Å². The summed E-state index contributed by atoms with van der Waals surface area (Å²) in [6, 6.07) is 0. The summed E-state index contributed by atoms with van der Waals surface area (Å²) in [6.07, 6.45) is 7.12. The topological polar surface area (TPSA) is 88.3 Å². The molecule has 1 aromatic heterocycles. The second kappa shape index (κ2) is 7.77. The smallest absolute Gasteiger partial charge is 0.246 e. The Bertz CT molecular complexity index is 572. The van der Waals surface area contributed by atoms with E-state index in [1.54, 1.807) is 6.92 Å². The highest BCUT2D eigenvalue weighted by Gasteiger charge is 2.25. The quantitative estimate of drug-likeness (QED) is 0.889. The van der Waals surface area contributed by atoms with Crippen LogP contribution in [0.3, 0.4) is 0 Å². The van der Waals surface area contributed by atoms with Crippen molar-refractivity contribution in [1.82, 2.24) is 20.4 Å². The number of rotatable bonds is 5. The summed E-state index contributed by atoms with van der Waals surface area (Å²) in [5.74, 6) is 2.10. The lowest BCUT2D eigenvalue weighted by molar-refractivity contribution is -0.129. The zero-order valence-corrected chi connectivity index (χ0v) is 14.3. The van der Waals surface area contributed by atoms with Gasteiger partial charge in [0.15, 0.2) is 5.82 Å². The van der Waals surface area contributed by atoms with E-state index < -0.39 is 0 Å². The van der Waals surface area contributed by atoms with Crippen molar-refractivity contribution >= 4 is 11.8 Å². The number of amides is 2. The summed E-state index contributed by atoms with van der Waals surface area (Å²) in [5, 5.41) is 6.93. The Morgan fingerprint density at radius 3 is 2.58 bits per heavy atom. The van der Waals surface area contributed by atoms with Crippen LogP contribution in [0.25, 0.3) is 0 Å². The summed E-state index contributed by atoms with van der Waals surface area (Å²) in [5.41, 5.74) is 0. The zero-order chi connectivity index (χ0) is 16.9. The molecule has 0 atom stereocenters. The van der Waals surface area contributed by atoms with Crippen molar-refractivity contribution in [2.75, 3.05) is 13.1 Å². The molecule has 2 fully saturated rings. The van der Waals surface area contributed by atoms with Gasteiger partial charge in [-0.1, -0.05) is 18.0 Å². The second-order valence-electron chi connectivity index (χ2n) is 6.96. The van der Waals surface area contributed by atoms with Crippen molar-refractivity contribution < 1.29 is 14.1 Å². The average molecular weight is 334 g/mol. The number of likely N-dealkylation sites (tertiary alicyclic amines) is 1. The van der Waals surface area contributed by atoms with E-state index in [-0.39, 0.29) is 17.7 Å². The lowest BCUT2D eigenvalue weighted by Gasteiger charge is -2.29. The van der Waals surface area contributed by atoms with E-state index in [9.17, 15) is 9.59 Å². The second-order valence-corrected chi connectivity index (χ2v) is 6.96. The van der Waals surface area contributed by atoms with E-state index in [0.29, 0.717) is 30.6 Å².